The van der Waals surface area contributed by atoms with E-state index in [1.807, 2.05) is 19.2 Å². The van der Waals surface area contributed by atoms with E-state index in [9.17, 15) is 0 Å². The van der Waals surface area contributed by atoms with Gasteiger partial charge in [-0.3, -0.25) is 5.10 Å². The van der Waals surface area contributed by atoms with Crippen LogP contribution in [0.5, 0.6) is 5.88 Å². The molecule has 0 fully saturated rings. The van der Waals surface area contributed by atoms with Gasteiger partial charge < -0.3 is 4.74 Å². The second kappa shape index (κ2) is 2.30. The van der Waals surface area contributed by atoms with E-state index in [0.29, 0.717) is 6.61 Å². The van der Waals surface area contributed by atoms with Crippen molar-refractivity contribution in [1.82, 2.24) is 14.6 Å². The highest BCUT2D eigenvalue weighted by Crippen LogP contribution is 2.11. The molecule has 0 saturated heterocycles. The van der Waals surface area contributed by atoms with Crippen molar-refractivity contribution in [2.45, 2.75) is 6.92 Å². The standard InChI is InChI=1S/C7H9N3O/c1-2-11-7-5-8-6-3-4-9-10(6)7/h3-5,9H,2H2,1H3. The van der Waals surface area contributed by atoms with Gasteiger partial charge in [-0.1, -0.05) is 0 Å². The van der Waals surface area contributed by atoms with E-state index < -0.39 is 0 Å². The summed E-state index contributed by atoms with van der Waals surface area (Å²) in [6.07, 6.45) is 3.53. The molecule has 4 heteroatoms. The van der Waals surface area contributed by atoms with E-state index in [0.717, 1.165) is 11.5 Å². The number of H-pyrrole nitrogens is 1. The second-order valence-electron chi connectivity index (χ2n) is 2.19. The lowest BCUT2D eigenvalue weighted by Gasteiger charge is -1.97. The number of imidazole rings is 1. The van der Waals surface area contributed by atoms with Crippen LogP contribution in [-0.4, -0.2) is 21.2 Å². The fourth-order valence-electron chi connectivity index (χ4n) is 1.03. The van der Waals surface area contributed by atoms with Crippen LogP contribution in [0.2, 0.25) is 0 Å². The molecule has 2 aromatic rings. The van der Waals surface area contributed by atoms with Gasteiger partial charge in [-0.15, -0.1) is 0 Å². The summed E-state index contributed by atoms with van der Waals surface area (Å²) >= 11 is 0. The molecule has 0 radical (unpaired) electrons. The van der Waals surface area contributed by atoms with Gasteiger partial charge in [0.15, 0.2) is 5.65 Å². The zero-order chi connectivity index (χ0) is 7.68. The maximum Gasteiger partial charge on any atom is 0.233 e. The first-order valence-corrected chi connectivity index (χ1v) is 3.55. The largest absolute Gasteiger partial charge is 0.477 e. The lowest BCUT2D eigenvalue weighted by molar-refractivity contribution is 0.319. The van der Waals surface area contributed by atoms with Crippen LogP contribution >= 0.6 is 0 Å². The molecule has 1 N–H and O–H groups in total. The van der Waals surface area contributed by atoms with Crippen molar-refractivity contribution in [2.24, 2.45) is 0 Å². The van der Waals surface area contributed by atoms with Gasteiger partial charge in [0.25, 0.3) is 0 Å². The van der Waals surface area contributed by atoms with Gasteiger partial charge in [0, 0.05) is 12.3 Å². The van der Waals surface area contributed by atoms with Crippen molar-refractivity contribution in [3.05, 3.63) is 18.5 Å². The Bertz CT molecular complexity index is 349. The first-order chi connectivity index (χ1) is 5.42. The molecule has 0 aliphatic carbocycles. The minimum Gasteiger partial charge on any atom is -0.477 e. The summed E-state index contributed by atoms with van der Waals surface area (Å²) in [5.41, 5.74) is 0.883. The molecule has 2 rings (SSSR count). The number of fused-ring (bicyclic) bond motifs is 1. The van der Waals surface area contributed by atoms with Crippen LogP contribution in [0.25, 0.3) is 5.65 Å². The second-order valence-corrected chi connectivity index (χ2v) is 2.19. The van der Waals surface area contributed by atoms with Crippen molar-refractivity contribution < 1.29 is 4.74 Å². The van der Waals surface area contributed by atoms with Crippen LogP contribution in [0.15, 0.2) is 18.5 Å². The minimum absolute atomic E-state index is 0.660. The molecule has 2 heterocycles. The van der Waals surface area contributed by atoms with Crippen molar-refractivity contribution in [3.8, 4) is 5.88 Å². The summed E-state index contributed by atoms with van der Waals surface area (Å²) in [4.78, 5) is 4.10. The van der Waals surface area contributed by atoms with Gasteiger partial charge in [-0.25, -0.2) is 9.50 Å². The third-order valence-electron chi connectivity index (χ3n) is 1.49. The minimum atomic E-state index is 0.660. The molecule has 11 heavy (non-hydrogen) atoms. The Morgan fingerprint density at radius 1 is 1.73 bits per heavy atom. The molecule has 0 spiro atoms. The van der Waals surface area contributed by atoms with Gasteiger partial charge in [-0.05, 0) is 6.92 Å². The Kier molecular flexibility index (Phi) is 1.31. The third-order valence-corrected chi connectivity index (χ3v) is 1.49. The molecule has 0 unspecified atom stereocenters. The van der Waals surface area contributed by atoms with Crippen LogP contribution in [0.4, 0.5) is 0 Å². The molecular formula is C7H9N3O. The maximum absolute atomic E-state index is 5.29. The fourth-order valence-corrected chi connectivity index (χ4v) is 1.03. The number of hydrogen-bond donors (Lipinski definition) is 1. The average Bonchev–Trinajstić information content (AvgIpc) is 2.53. The zero-order valence-corrected chi connectivity index (χ0v) is 6.24. The number of hydrogen-bond acceptors (Lipinski definition) is 2. The van der Waals surface area contributed by atoms with E-state index in [2.05, 4.69) is 10.1 Å². The monoisotopic (exact) mass is 151 g/mol. The SMILES string of the molecule is CCOc1cnc2cc[nH]n12. The topological polar surface area (TPSA) is 42.3 Å². The summed E-state index contributed by atoms with van der Waals surface area (Å²) in [6, 6.07) is 1.89. The number of aromatic amines is 1. The lowest BCUT2D eigenvalue weighted by atomic mass is 10.7. The number of nitrogens with zero attached hydrogens (tertiary/aromatic N) is 2. The number of ether oxygens (including phenoxy) is 1. The average molecular weight is 151 g/mol. The Hall–Kier alpha value is -1.45. The molecule has 0 amide bonds. The molecule has 0 aliphatic rings. The van der Waals surface area contributed by atoms with Crippen LogP contribution in [0, 0.1) is 0 Å². The summed E-state index contributed by atoms with van der Waals surface area (Å²) < 4.78 is 7.08. The normalized spacial score (nSPS) is 10.6. The van der Waals surface area contributed by atoms with Crippen LogP contribution in [0.3, 0.4) is 0 Å². The molecule has 0 bridgehead atoms. The molecule has 0 aliphatic heterocycles. The summed E-state index contributed by atoms with van der Waals surface area (Å²) in [6.45, 7) is 2.61. The van der Waals surface area contributed by atoms with E-state index >= 15 is 0 Å². The van der Waals surface area contributed by atoms with E-state index in [1.165, 1.54) is 0 Å². The number of aromatic nitrogens is 3. The number of rotatable bonds is 2. The van der Waals surface area contributed by atoms with Crippen molar-refractivity contribution in [1.29, 1.82) is 0 Å². The van der Waals surface area contributed by atoms with Crippen LogP contribution in [0.1, 0.15) is 6.92 Å². The van der Waals surface area contributed by atoms with Crippen LogP contribution < -0.4 is 4.74 Å². The highest BCUT2D eigenvalue weighted by atomic mass is 16.5. The number of nitrogens with one attached hydrogen (secondary N) is 1. The third kappa shape index (κ3) is 0.869. The smallest absolute Gasteiger partial charge is 0.233 e. The molecule has 0 aromatic carbocycles. The molecule has 2 aromatic heterocycles. The molecule has 4 nitrogen and oxygen atoms in total. The van der Waals surface area contributed by atoms with E-state index in [1.54, 1.807) is 10.7 Å². The Morgan fingerprint density at radius 3 is 3.45 bits per heavy atom. The summed E-state index contributed by atoms with van der Waals surface area (Å²) in [5.74, 6) is 0.757. The fraction of sp³-hybridized carbons (Fsp3) is 0.286. The van der Waals surface area contributed by atoms with Gasteiger partial charge in [0.1, 0.15) is 0 Å². The molecule has 0 saturated carbocycles. The lowest BCUT2D eigenvalue weighted by Crippen LogP contribution is -1.95. The van der Waals surface area contributed by atoms with Gasteiger partial charge >= 0.3 is 0 Å². The van der Waals surface area contributed by atoms with Gasteiger partial charge in [-0.2, -0.15) is 0 Å². The first kappa shape index (κ1) is 6.27. The summed E-state index contributed by atoms with van der Waals surface area (Å²) in [7, 11) is 0. The quantitative estimate of drug-likeness (QED) is 0.697. The Balaban J connectivity index is 2.51. The summed E-state index contributed by atoms with van der Waals surface area (Å²) in [5, 5.41) is 2.98. The van der Waals surface area contributed by atoms with E-state index in [-0.39, 0.29) is 0 Å². The Morgan fingerprint density at radius 2 is 2.64 bits per heavy atom. The van der Waals surface area contributed by atoms with Crippen molar-refractivity contribution in [2.75, 3.05) is 6.61 Å². The Labute approximate surface area is 63.8 Å². The van der Waals surface area contributed by atoms with Crippen LogP contribution in [-0.2, 0) is 0 Å². The zero-order valence-electron chi connectivity index (χ0n) is 6.24. The van der Waals surface area contributed by atoms with Gasteiger partial charge in [0.2, 0.25) is 5.88 Å². The highest BCUT2D eigenvalue weighted by Gasteiger charge is 2.01. The van der Waals surface area contributed by atoms with Gasteiger partial charge in [0.05, 0.1) is 12.8 Å². The molecule has 0 atom stereocenters. The maximum atomic E-state index is 5.29. The molecule has 58 valence electrons. The highest BCUT2D eigenvalue weighted by molar-refractivity contribution is 5.39. The first-order valence-electron chi connectivity index (χ1n) is 3.55. The molecular weight excluding hydrogens is 142 g/mol. The van der Waals surface area contributed by atoms with E-state index in [4.69, 9.17) is 4.74 Å². The van der Waals surface area contributed by atoms with Crippen molar-refractivity contribution in [3.63, 3.8) is 0 Å². The van der Waals surface area contributed by atoms with Crippen molar-refractivity contribution >= 4 is 5.65 Å². The predicted molar refractivity (Wildman–Crippen MR) is 40.7 cm³/mol. The predicted octanol–water partition coefficient (Wildman–Crippen LogP) is 1.06.